The molecular weight excluding hydrogens is 349 g/mol. The molecule has 0 saturated heterocycles. The SMILES string of the molecule is C=C(NCc1ccc(C#N)cc1Cl)c1ccc(-c2ccccc2F)nc1. The number of hydrogen-bond acceptors (Lipinski definition) is 3. The van der Waals surface area contributed by atoms with Gasteiger partial charge in [-0.05, 0) is 42.0 Å². The second-order valence-corrected chi connectivity index (χ2v) is 6.07. The molecule has 0 unspecified atom stereocenters. The van der Waals surface area contributed by atoms with Gasteiger partial charge in [0.15, 0.2) is 0 Å². The zero-order valence-corrected chi connectivity index (χ0v) is 14.6. The Morgan fingerprint density at radius 2 is 2.00 bits per heavy atom. The lowest BCUT2D eigenvalue weighted by Gasteiger charge is -2.11. The van der Waals surface area contributed by atoms with Crippen molar-refractivity contribution in [3.8, 4) is 17.3 Å². The van der Waals surface area contributed by atoms with Crippen molar-refractivity contribution in [3.63, 3.8) is 0 Å². The van der Waals surface area contributed by atoms with Crippen LogP contribution in [0.3, 0.4) is 0 Å². The van der Waals surface area contributed by atoms with Crippen molar-refractivity contribution < 1.29 is 4.39 Å². The Balaban J connectivity index is 1.69. The van der Waals surface area contributed by atoms with Crippen LogP contribution in [-0.2, 0) is 6.54 Å². The molecule has 5 heteroatoms. The molecule has 3 rings (SSSR count). The zero-order chi connectivity index (χ0) is 18.5. The zero-order valence-electron chi connectivity index (χ0n) is 13.8. The third kappa shape index (κ3) is 3.90. The van der Waals surface area contributed by atoms with E-state index in [1.165, 1.54) is 6.07 Å². The third-order valence-corrected chi connectivity index (χ3v) is 4.29. The van der Waals surface area contributed by atoms with E-state index in [0.29, 0.717) is 34.1 Å². The number of nitrogens with zero attached hydrogens (tertiary/aromatic N) is 2. The molecule has 0 aliphatic heterocycles. The van der Waals surface area contributed by atoms with Crippen LogP contribution in [0.5, 0.6) is 0 Å². The van der Waals surface area contributed by atoms with E-state index in [4.69, 9.17) is 16.9 Å². The molecule has 2 aromatic carbocycles. The van der Waals surface area contributed by atoms with Crippen LogP contribution in [0.25, 0.3) is 17.0 Å². The van der Waals surface area contributed by atoms with Crippen molar-refractivity contribution in [1.29, 1.82) is 5.26 Å². The van der Waals surface area contributed by atoms with Crippen molar-refractivity contribution >= 4 is 17.3 Å². The Hall–Kier alpha value is -3.16. The van der Waals surface area contributed by atoms with Crippen molar-refractivity contribution in [2.45, 2.75) is 6.54 Å². The van der Waals surface area contributed by atoms with Crippen molar-refractivity contribution in [2.75, 3.05) is 0 Å². The number of benzene rings is 2. The van der Waals surface area contributed by atoms with Gasteiger partial charge in [-0.15, -0.1) is 0 Å². The Morgan fingerprint density at radius 3 is 2.65 bits per heavy atom. The van der Waals surface area contributed by atoms with Crippen molar-refractivity contribution in [2.24, 2.45) is 0 Å². The first-order chi connectivity index (χ1) is 12.6. The summed E-state index contributed by atoms with van der Waals surface area (Å²) in [5, 5.41) is 12.6. The highest BCUT2D eigenvalue weighted by atomic mass is 35.5. The molecule has 0 aliphatic carbocycles. The summed E-state index contributed by atoms with van der Waals surface area (Å²) in [4.78, 5) is 4.32. The van der Waals surface area contributed by atoms with E-state index < -0.39 is 0 Å². The molecule has 3 aromatic rings. The van der Waals surface area contributed by atoms with Crippen LogP contribution in [0.1, 0.15) is 16.7 Å². The van der Waals surface area contributed by atoms with E-state index in [2.05, 4.69) is 22.9 Å². The average molecular weight is 364 g/mol. The van der Waals surface area contributed by atoms with E-state index >= 15 is 0 Å². The van der Waals surface area contributed by atoms with Crippen LogP contribution in [0.2, 0.25) is 5.02 Å². The van der Waals surface area contributed by atoms with Gasteiger partial charge in [0.2, 0.25) is 0 Å². The van der Waals surface area contributed by atoms with Gasteiger partial charge in [0, 0.05) is 34.6 Å². The summed E-state index contributed by atoms with van der Waals surface area (Å²) in [6.45, 7) is 4.47. The first-order valence-corrected chi connectivity index (χ1v) is 8.29. The van der Waals surface area contributed by atoms with Gasteiger partial charge >= 0.3 is 0 Å². The van der Waals surface area contributed by atoms with Crippen LogP contribution in [-0.4, -0.2) is 4.98 Å². The van der Waals surface area contributed by atoms with Crippen molar-refractivity contribution in [3.05, 3.63) is 94.9 Å². The van der Waals surface area contributed by atoms with Gasteiger partial charge < -0.3 is 5.32 Å². The fourth-order valence-corrected chi connectivity index (χ4v) is 2.71. The molecule has 1 N–H and O–H groups in total. The Bertz CT molecular complexity index is 991. The first kappa shape index (κ1) is 17.7. The number of halogens is 2. The Morgan fingerprint density at radius 1 is 1.19 bits per heavy atom. The van der Waals surface area contributed by atoms with Crippen LogP contribution in [0.4, 0.5) is 4.39 Å². The summed E-state index contributed by atoms with van der Waals surface area (Å²) in [6.07, 6.45) is 1.65. The average Bonchev–Trinajstić information content (AvgIpc) is 2.67. The number of nitrogens with one attached hydrogen (secondary N) is 1. The normalized spacial score (nSPS) is 10.2. The summed E-state index contributed by atoms with van der Waals surface area (Å²) >= 11 is 6.17. The fraction of sp³-hybridized carbons (Fsp3) is 0.0476. The standard InChI is InChI=1S/C21H15ClFN3/c1-14(25-13-17-7-6-15(11-24)10-19(17)22)16-8-9-21(26-12-16)18-4-2-3-5-20(18)23/h2-10,12,25H,1,13H2. The van der Waals surface area contributed by atoms with Crippen LogP contribution in [0, 0.1) is 17.1 Å². The summed E-state index contributed by atoms with van der Waals surface area (Å²) in [6, 6.07) is 17.3. The predicted octanol–water partition coefficient (Wildman–Crippen LogP) is 5.17. The molecule has 0 spiro atoms. The van der Waals surface area contributed by atoms with Gasteiger partial charge in [0.25, 0.3) is 0 Å². The van der Waals surface area contributed by atoms with E-state index in [0.717, 1.165) is 11.1 Å². The minimum atomic E-state index is -0.305. The lowest BCUT2D eigenvalue weighted by Crippen LogP contribution is -2.11. The number of hydrogen-bond donors (Lipinski definition) is 1. The largest absolute Gasteiger partial charge is 0.381 e. The maximum absolute atomic E-state index is 13.8. The van der Waals surface area contributed by atoms with E-state index in [-0.39, 0.29) is 5.82 Å². The second-order valence-electron chi connectivity index (χ2n) is 5.66. The lowest BCUT2D eigenvalue weighted by atomic mass is 10.1. The Kier molecular flexibility index (Phi) is 5.31. The van der Waals surface area contributed by atoms with E-state index in [1.54, 1.807) is 48.7 Å². The Labute approximate surface area is 156 Å². The number of aromatic nitrogens is 1. The molecule has 1 aromatic heterocycles. The van der Waals surface area contributed by atoms with Crippen LogP contribution in [0.15, 0.2) is 67.4 Å². The maximum atomic E-state index is 13.8. The first-order valence-electron chi connectivity index (χ1n) is 7.91. The number of pyridine rings is 1. The minimum absolute atomic E-state index is 0.305. The van der Waals surface area contributed by atoms with Gasteiger partial charge in [0.05, 0.1) is 17.3 Å². The van der Waals surface area contributed by atoms with Gasteiger partial charge in [-0.1, -0.05) is 36.4 Å². The highest BCUT2D eigenvalue weighted by Crippen LogP contribution is 2.22. The van der Waals surface area contributed by atoms with Crippen LogP contribution >= 0.6 is 11.6 Å². The molecule has 0 saturated carbocycles. The molecule has 0 atom stereocenters. The number of rotatable bonds is 5. The van der Waals surface area contributed by atoms with Gasteiger partial charge in [-0.3, -0.25) is 4.98 Å². The highest BCUT2D eigenvalue weighted by molar-refractivity contribution is 6.31. The molecule has 128 valence electrons. The molecule has 26 heavy (non-hydrogen) atoms. The molecule has 3 nitrogen and oxygen atoms in total. The summed E-state index contributed by atoms with van der Waals surface area (Å²) in [7, 11) is 0. The highest BCUT2D eigenvalue weighted by Gasteiger charge is 2.07. The van der Waals surface area contributed by atoms with E-state index in [1.807, 2.05) is 6.07 Å². The third-order valence-electron chi connectivity index (χ3n) is 3.94. The predicted molar refractivity (Wildman–Crippen MR) is 102 cm³/mol. The van der Waals surface area contributed by atoms with Crippen LogP contribution < -0.4 is 5.32 Å². The monoisotopic (exact) mass is 363 g/mol. The topological polar surface area (TPSA) is 48.7 Å². The smallest absolute Gasteiger partial charge is 0.132 e. The summed E-state index contributed by atoms with van der Waals surface area (Å²) in [5.74, 6) is -0.305. The molecule has 0 bridgehead atoms. The maximum Gasteiger partial charge on any atom is 0.132 e. The molecule has 0 amide bonds. The molecule has 0 fully saturated rings. The van der Waals surface area contributed by atoms with Gasteiger partial charge in [-0.2, -0.15) is 5.26 Å². The van der Waals surface area contributed by atoms with Crippen molar-refractivity contribution in [1.82, 2.24) is 10.3 Å². The molecule has 0 radical (unpaired) electrons. The van der Waals surface area contributed by atoms with Gasteiger partial charge in [0.1, 0.15) is 5.82 Å². The quantitative estimate of drug-likeness (QED) is 0.680. The summed E-state index contributed by atoms with van der Waals surface area (Å²) in [5.41, 5.74) is 3.89. The second kappa shape index (κ2) is 7.81. The lowest BCUT2D eigenvalue weighted by molar-refractivity contribution is 0.630. The molecular formula is C21H15ClFN3. The molecule has 0 aliphatic rings. The van der Waals surface area contributed by atoms with Gasteiger partial charge in [-0.25, -0.2) is 4.39 Å². The number of nitriles is 1. The molecule has 1 heterocycles. The van der Waals surface area contributed by atoms with E-state index in [9.17, 15) is 4.39 Å². The fourth-order valence-electron chi connectivity index (χ4n) is 2.46. The summed E-state index contributed by atoms with van der Waals surface area (Å²) < 4.78 is 13.8. The minimum Gasteiger partial charge on any atom is -0.381 e.